The summed E-state index contributed by atoms with van der Waals surface area (Å²) < 4.78 is 0. The molecule has 0 N–H and O–H groups in total. The molecule has 2 aliphatic rings. The first-order valence-electron chi connectivity index (χ1n) is 2.96. The van der Waals surface area contributed by atoms with E-state index in [2.05, 4.69) is 17.2 Å². The normalized spacial score (nSPS) is 21.0. The molecule has 2 rings (SSSR count). The smallest absolute Gasteiger partial charge is 0.0146 e. The fourth-order valence-corrected chi connectivity index (χ4v) is 1.20. The summed E-state index contributed by atoms with van der Waals surface area (Å²) in [5.41, 5.74) is 11.6. The first-order valence-corrected chi connectivity index (χ1v) is 2.96. The van der Waals surface area contributed by atoms with Gasteiger partial charge in [-0.25, -0.2) is 0 Å². The number of allylic oxidation sites excluding steroid dienone is 2. The fourth-order valence-electron chi connectivity index (χ4n) is 1.20. The molecule has 1 saturated carbocycles. The third-order valence-electron chi connectivity index (χ3n) is 1.64. The summed E-state index contributed by atoms with van der Waals surface area (Å²) in [5, 5.41) is 0. The molecule has 0 radical (unpaired) electrons. The average molecular weight is 102 g/mol. The second-order valence-corrected chi connectivity index (χ2v) is 2.19. The topological polar surface area (TPSA) is 0 Å². The molecule has 38 valence electrons. The highest BCUT2D eigenvalue weighted by Gasteiger charge is 2.13. The van der Waals surface area contributed by atoms with Crippen LogP contribution >= 0.6 is 0 Å². The van der Waals surface area contributed by atoms with Crippen LogP contribution in [-0.4, -0.2) is 0 Å². The molecule has 0 aromatic heterocycles. The van der Waals surface area contributed by atoms with Gasteiger partial charge in [0.05, 0.1) is 0 Å². The van der Waals surface area contributed by atoms with Crippen LogP contribution in [0.1, 0.15) is 19.3 Å². The van der Waals surface area contributed by atoms with Crippen molar-refractivity contribution in [2.45, 2.75) is 19.3 Å². The molecule has 0 aliphatic heterocycles. The highest BCUT2D eigenvalue weighted by Crippen LogP contribution is 2.29. The van der Waals surface area contributed by atoms with Crippen LogP contribution < -0.4 is 0 Å². The zero-order valence-electron chi connectivity index (χ0n) is 4.62. The zero-order valence-corrected chi connectivity index (χ0v) is 4.62. The van der Waals surface area contributed by atoms with Gasteiger partial charge in [-0.15, -0.1) is 0 Å². The Bertz CT molecular complexity index is 226. The van der Waals surface area contributed by atoms with Crippen molar-refractivity contribution in [3.05, 3.63) is 28.3 Å². The summed E-state index contributed by atoms with van der Waals surface area (Å²) in [4.78, 5) is 0. The van der Waals surface area contributed by atoms with Crippen molar-refractivity contribution in [3.8, 4) is 0 Å². The van der Waals surface area contributed by atoms with E-state index < -0.39 is 0 Å². The van der Waals surface area contributed by atoms with Crippen molar-refractivity contribution in [3.63, 3.8) is 0 Å². The minimum absolute atomic E-state index is 1.20. The Labute approximate surface area is 48.5 Å². The largest absolute Gasteiger partial charge is 0.0570 e. The van der Waals surface area contributed by atoms with Gasteiger partial charge in [0.25, 0.3) is 0 Å². The van der Waals surface area contributed by atoms with E-state index in [-0.39, 0.29) is 0 Å². The van der Waals surface area contributed by atoms with Crippen LogP contribution in [0, 0.1) is 0 Å². The molecule has 0 saturated heterocycles. The Hall–Kier alpha value is -0.920. The van der Waals surface area contributed by atoms with Gasteiger partial charge in [0, 0.05) is 11.1 Å². The first kappa shape index (κ1) is 4.01. The number of rotatable bonds is 0. The van der Waals surface area contributed by atoms with Gasteiger partial charge in [-0.2, -0.15) is 0 Å². The van der Waals surface area contributed by atoms with Crippen LogP contribution in [-0.2, 0) is 0 Å². The molecule has 2 aliphatic carbocycles. The lowest BCUT2D eigenvalue weighted by molar-refractivity contribution is 0.932. The van der Waals surface area contributed by atoms with Crippen LogP contribution in [0.3, 0.4) is 0 Å². The lowest BCUT2D eigenvalue weighted by Gasteiger charge is -1.82. The third kappa shape index (κ3) is 0.372. The summed E-state index contributed by atoms with van der Waals surface area (Å²) in [7, 11) is 0. The molecule has 8 heavy (non-hydrogen) atoms. The minimum Gasteiger partial charge on any atom is -0.0570 e. The van der Waals surface area contributed by atoms with E-state index in [4.69, 9.17) is 0 Å². The quantitative estimate of drug-likeness (QED) is 0.410. The summed E-state index contributed by atoms with van der Waals surface area (Å²) in [6.45, 7) is 0. The molecule has 0 aromatic carbocycles. The zero-order chi connectivity index (χ0) is 5.40. The van der Waals surface area contributed by atoms with Crippen molar-refractivity contribution in [1.29, 1.82) is 0 Å². The molecular weight excluding hydrogens is 96.1 g/mol. The molecule has 1 fully saturated rings. The van der Waals surface area contributed by atoms with Crippen molar-refractivity contribution in [2.75, 3.05) is 0 Å². The average Bonchev–Trinajstić information content (AvgIpc) is 2.15. The van der Waals surface area contributed by atoms with Gasteiger partial charge in [-0.3, -0.25) is 0 Å². The Morgan fingerprint density at radius 1 is 1.00 bits per heavy atom. The van der Waals surface area contributed by atoms with E-state index in [1.807, 2.05) is 0 Å². The molecule has 0 nitrogen and oxygen atoms in total. The first-order chi connectivity index (χ1) is 3.97. The Morgan fingerprint density at radius 2 is 1.62 bits per heavy atom. The van der Waals surface area contributed by atoms with Crippen LogP contribution in [0.25, 0.3) is 0 Å². The van der Waals surface area contributed by atoms with Crippen LogP contribution in [0.2, 0.25) is 0 Å². The molecular formula is C8H6. The second kappa shape index (κ2) is 1.28. The molecule has 0 spiro atoms. The SMILES string of the molecule is C1=C=C2CCCC2=C=1. The van der Waals surface area contributed by atoms with E-state index in [1.54, 1.807) is 0 Å². The van der Waals surface area contributed by atoms with E-state index in [0.717, 1.165) is 0 Å². The van der Waals surface area contributed by atoms with Crippen LogP contribution in [0.15, 0.2) is 28.3 Å². The van der Waals surface area contributed by atoms with Crippen molar-refractivity contribution in [1.82, 2.24) is 0 Å². The van der Waals surface area contributed by atoms with Gasteiger partial charge < -0.3 is 0 Å². The highest BCUT2D eigenvalue weighted by atomic mass is 14.1. The van der Waals surface area contributed by atoms with Crippen molar-refractivity contribution >= 4 is 0 Å². The summed E-state index contributed by atoms with van der Waals surface area (Å²) in [5.74, 6) is 0. The van der Waals surface area contributed by atoms with Gasteiger partial charge in [-0.05, 0) is 25.0 Å². The second-order valence-electron chi connectivity index (χ2n) is 2.19. The van der Waals surface area contributed by atoms with Gasteiger partial charge in [0.1, 0.15) is 0 Å². The van der Waals surface area contributed by atoms with Gasteiger partial charge in [0.15, 0.2) is 0 Å². The molecule has 0 atom stereocenters. The number of hydrogen-bond acceptors (Lipinski definition) is 0. The molecule has 0 aromatic rings. The molecule has 0 heteroatoms. The van der Waals surface area contributed by atoms with Gasteiger partial charge >= 0.3 is 0 Å². The summed E-state index contributed by atoms with van der Waals surface area (Å²) in [6.07, 6.45) is 3.71. The summed E-state index contributed by atoms with van der Waals surface area (Å²) in [6, 6.07) is 0. The standard InChI is InChI=1S/C8H6/c1-3-7-5-2-6-8(7)4-1/h1,3-4H2. The van der Waals surface area contributed by atoms with Gasteiger partial charge in [-0.1, -0.05) is 11.5 Å². The van der Waals surface area contributed by atoms with E-state index in [1.165, 1.54) is 30.4 Å². The molecule has 0 unspecified atom stereocenters. The number of hydrogen-bond donors (Lipinski definition) is 0. The fraction of sp³-hybridized carbons (Fsp3) is 0.375. The van der Waals surface area contributed by atoms with E-state index in [0.29, 0.717) is 0 Å². The monoisotopic (exact) mass is 102 g/mol. The predicted octanol–water partition coefficient (Wildman–Crippen LogP) is 1.95. The lowest BCUT2D eigenvalue weighted by atomic mass is 10.2. The maximum absolute atomic E-state index is 3.04. The lowest BCUT2D eigenvalue weighted by Crippen LogP contribution is -1.67. The Kier molecular flexibility index (Phi) is 0.640. The Morgan fingerprint density at radius 3 is 2.25 bits per heavy atom. The van der Waals surface area contributed by atoms with Crippen molar-refractivity contribution in [2.24, 2.45) is 0 Å². The highest BCUT2D eigenvalue weighted by molar-refractivity contribution is 5.36. The summed E-state index contributed by atoms with van der Waals surface area (Å²) >= 11 is 0. The molecule has 0 amide bonds. The minimum atomic E-state index is 1.20. The van der Waals surface area contributed by atoms with E-state index >= 15 is 0 Å². The maximum atomic E-state index is 3.04. The van der Waals surface area contributed by atoms with E-state index in [9.17, 15) is 0 Å². The maximum Gasteiger partial charge on any atom is 0.0146 e. The predicted molar refractivity (Wildman–Crippen MR) is 31.4 cm³/mol. The van der Waals surface area contributed by atoms with Crippen molar-refractivity contribution < 1.29 is 0 Å². The van der Waals surface area contributed by atoms with Gasteiger partial charge in [0.2, 0.25) is 0 Å². The molecule has 0 heterocycles. The molecule has 0 bridgehead atoms. The number of fused-ring (bicyclic) bond motifs is 1. The third-order valence-corrected chi connectivity index (χ3v) is 1.64. The van der Waals surface area contributed by atoms with Crippen LogP contribution in [0.4, 0.5) is 0 Å². The van der Waals surface area contributed by atoms with Crippen LogP contribution in [0.5, 0.6) is 0 Å². The Balaban J connectivity index is 2.61.